The maximum atomic E-state index is 3.46. The Hall–Kier alpha value is -0.380. The molecule has 0 aromatic carbocycles. The topological polar surface area (TPSA) is 15.3 Å². The van der Waals surface area contributed by atoms with Crippen molar-refractivity contribution in [2.45, 2.75) is 59.8 Å². The summed E-state index contributed by atoms with van der Waals surface area (Å²) < 4.78 is 0. The Morgan fingerprint density at radius 1 is 1.18 bits per heavy atom. The maximum absolute atomic E-state index is 3.46. The number of nitrogens with zero attached hydrogens (tertiary/aromatic N) is 1. The van der Waals surface area contributed by atoms with E-state index in [-0.39, 0.29) is 0 Å². The Morgan fingerprint density at radius 2 is 1.82 bits per heavy atom. The average Bonchev–Trinajstić information content (AvgIpc) is 2.70. The molecule has 0 spiro atoms. The van der Waals surface area contributed by atoms with Crippen molar-refractivity contribution in [1.82, 2.24) is 10.2 Å². The van der Waals surface area contributed by atoms with Crippen LogP contribution in [0.25, 0.3) is 0 Å². The second-order valence-corrected chi connectivity index (χ2v) is 6.31. The molecule has 2 nitrogen and oxygen atoms in total. The summed E-state index contributed by atoms with van der Waals surface area (Å²) in [6, 6.07) is 5.71. The molecule has 17 heavy (non-hydrogen) atoms. The maximum Gasteiger partial charge on any atom is 0.0330 e. The molecule has 0 amide bonds. The number of nitrogens with one attached hydrogen (secondary N) is 1. The summed E-state index contributed by atoms with van der Waals surface area (Å²) in [5.74, 6) is 0. The quantitative estimate of drug-likeness (QED) is 0.801. The third-order valence-electron chi connectivity index (χ3n) is 2.90. The van der Waals surface area contributed by atoms with Crippen LogP contribution in [0.4, 0.5) is 0 Å². The number of hydrogen-bond acceptors (Lipinski definition) is 3. The highest BCUT2D eigenvalue weighted by Gasteiger charge is 2.09. The lowest BCUT2D eigenvalue weighted by atomic mass is 10.3. The third kappa shape index (κ3) is 5.19. The van der Waals surface area contributed by atoms with Gasteiger partial charge in [-0.05, 0) is 32.5 Å². The fraction of sp³-hybridized carbons (Fsp3) is 0.714. The Bertz CT molecular complexity index is 318. The van der Waals surface area contributed by atoms with Crippen molar-refractivity contribution in [3.8, 4) is 0 Å². The van der Waals surface area contributed by atoms with E-state index in [4.69, 9.17) is 0 Å². The van der Waals surface area contributed by atoms with E-state index in [1.807, 2.05) is 11.3 Å². The molecule has 1 N–H and O–H groups in total. The highest BCUT2D eigenvalue weighted by molar-refractivity contribution is 7.11. The van der Waals surface area contributed by atoms with Gasteiger partial charge in [-0.3, -0.25) is 4.90 Å². The van der Waals surface area contributed by atoms with E-state index in [0.29, 0.717) is 12.1 Å². The molecular weight excluding hydrogens is 228 g/mol. The molecule has 0 saturated heterocycles. The van der Waals surface area contributed by atoms with Crippen LogP contribution in [0.3, 0.4) is 0 Å². The van der Waals surface area contributed by atoms with Gasteiger partial charge in [0.1, 0.15) is 0 Å². The van der Waals surface area contributed by atoms with Gasteiger partial charge < -0.3 is 5.32 Å². The molecule has 0 atom stereocenters. The van der Waals surface area contributed by atoms with E-state index in [1.54, 1.807) is 0 Å². The molecule has 1 aromatic rings. The van der Waals surface area contributed by atoms with Crippen LogP contribution in [-0.2, 0) is 13.1 Å². The second-order valence-electron chi connectivity index (χ2n) is 5.06. The Morgan fingerprint density at radius 3 is 2.35 bits per heavy atom. The van der Waals surface area contributed by atoms with Crippen LogP contribution < -0.4 is 5.32 Å². The normalized spacial score (nSPS) is 12.0. The SMILES string of the molecule is CCN(Cc1ccc(CNC(C)C)s1)C(C)C. The van der Waals surface area contributed by atoms with Crippen LogP contribution in [0.2, 0.25) is 0 Å². The van der Waals surface area contributed by atoms with Crippen molar-refractivity contribution in [2.24, 2.45) is 0 Å². The Kier molecular flexibility index (Phi) is 6.17. The Labute approximate surface area is 110 Å². The average molecular weight is 254 g/mol. The van der Waals surface area contributed by atoms with Crippen molar-refractivity contribution in [2.75, 3.05) is 6.54 Å². The van der Waals surface area contributed by atoms with Gasteiger partial charge in [0.15, 0.2) is 0 Å². The summed E-state index contributed by atoms with van der Waals surface area (Å²) in [5.41, 5.74) is 0. The van der Waals surface area contributed by atoms with Crippen LogP contribution in [0.15, 0.2) is 12.1 Å². The lowest BCUT2D eigenvalue weighted by molar-refractivity contribution is 0.227. The minimum Gasteiger partial charge on any atom is -0.310 e. The first-order chi connectivity index (χ1) is 8.02. The summed E-state index contributed by atoms with van der Waals surface area (Å²) in [6.07, 6.45) is 0. The van der Waals surface area contributed by atoms with E-state index in [0.717, 1.165) is 19.6 Å². The first kappa shape index (κ1) is 14.7. The zero-order valence-corrected chi connectivity index (χ0v) is 12.6. The van der Waals surface area contributed by atoms with Crippen molar-refractivity contribution < 1.29 is 0 Å². The van der Waals surface area contributed by atoms with Crippen molar-refractivity contribution in [3.63, 3.8) is 0 Å². The van der Waals surface area contributed by atoms with Crippen LogP contribution in [-0.4, -0.2) is 23.5 Å². The highest BCUT2D eigenvalue weighted by atomic mass is 32.1. The zero-order chi connectivity index (χ0) is 12.8. The van der Waals surface area contributed by atoms with Crippen LogP contribution >= 0.6 is 11.3 Å². The monoisotopic (exact) mass is 254 g/mol. The predicted octanol–water partition coefficient (Wildman–Crippen LogP) is 3.48. The zero-order valence-electron chi connectivity index (χ0n) is 11.8. The molecule has 0 saturated carbocycles. The van der Waals surface area contributed by atoms with E-state index in [9.17, 15) is 0 Å². The third-order valence-corrected chi connectivity index (χ3v) is 3.97. The molecule has 0 unspecified atom stereocenters. The molecule has 0 aliphatic carbocycles. The number of thiophene rings is 1. The summed E-state index contributed by atoms with van der Waals surface area (Å²) in [7, 11) is 0. The van der Waals surface area contributed by atoms with Crippen molar-refractivity contribution in [3.05, 3.63) is 21.9 Å². The van der Waals surface area contributed by atoms with Crippen LogP contribution in [0.5, 0.6) is 0 Å². The molecule has 1 heterocycles. The lowest BCUT2D eigenvalue weighted by Gasteiger charge is -2.23. The molecule has 98 valence electrons. The fourth-order valence-corrected chi connectivity index (χ4v) is 2.76. The summed E-state index contributed by atoms with van der Waals surface area (Å²) in [4.78, 5) is 5.40. The molecule has 0 fully saturated rings. The van der Waals surface area contributed by atoms with Gasteiger partial charge in [-0.25, -0.2) is 0 Å². The smallest absolute Gasteiger partial charge is 0.0330 e. The van der Waals surface area contributed by atoms with Crippen LogP contribution in [0.1, 0.15) is 44.4 Å². The standard InChI is InChI=1S/C14H26N2S/c1-6-16(12(4)5)10-14-8-7-13(17-14)9-15-11(2)3/h7-8,11-12,15H,6,9-10H2,1-5H3. The molecule has 1 rings (SSSR count). The van der Waals surface area contributed by atoms with Gasteiger partial charge in [-0.2, -0.15) is 0 Å². The largest absolute Gasteiger partial charge is 0.310 e. The summed E-state index contributed by atoms with van der Waals surface area (Å²) >= 11 is 1.93. The molecule has 3 heteroatoms. The van der Waals surface area contributed by atoms with Gasteiger partial charge in [-0.1, -0.05) is 20.8 Å². The molecule has 0 aliphatic heterocycles. The van der Waals surface area contributed by atoms with E-state index in [1.165, 1.54) is 9.75 Å². The predicted molar refractivity (Wildman–Crippen MR) is 77.5 cm³/mol. The van der Waals surface area contributed by atoms with E-state index in [2.05, 4.69) is 57.0 Å². The summed E-state index contributed by atoms with van der Waals surface area (Å²) in [5, 5.41) is 3.46. The second kappa shape index (κ2) is 7.14. The van der Waals surface area contributed by atoms with E-state index < -0.39 is 0 Å². The van der Waals surface area contributed by atoms with Gasteiger partial charge in [0.05, 0.1) is 0 Å². The molecule has 0 bridgehead atoms. The Balaban J connectivity index is 2.50. The van der Waals surface area contributed by atoms with Crippen LogP contribution in [0, 0.1) is 0 Å². The molecule has 0 aliphatic rings. The highest BCUT2D eigenvalue weighted by Crippen LogP contribution is 2.19. The first-order valence-electron chi connectivity index (χ1n) is 6.58. The van der Waals surface area contributed by atoms with Gasteiger partial charge in [0.2, 0.25) is 0 Å². The first-order valence-corrected chi connectivity index (χ1v) is 7.39. The van der Waals surface area contributed by atoms with Gasteiger partial charge in [0.25, 0.3) is 0 Å². The van der Waals surface area contributed by atoms with Gasteiger partial charge in [0, 0.05) is 34.9 Å². The molecule has 1 aromatic heterocycles. The molecule has 0 radical (unpaired) electrons. The van der Waals surface area contributed by atoms with Crippen molar-refractivity contribution >= 4 is 11.3 Å². The van der Waals surface area contributed by atoms with Gasteiger partial charge >= 0.3 is 0 Å². The number of hydrogen-bond donors (Lipinski definition) is 1. The number of rotatable bonds is 7. The minimum absolute atomic E-state index is 0.559. The van der Waals surface area contributed by atoms with Crippen molar-refractivity contribution in [1.29, 1.82) is 0 Å². The lowest BCUT2D eigenvalue weighted by Crippen LogP contribution is -2.29. The van der Waals surface area contributed by atoms with Gasteiger partial charge in [-0.15, -0.1) is 11.3 Å². The summed E-state index contributed by atoms with van der Waals surface area (Å²) in [6.45, 7) is 14.3. The van der Waals surface area contributed by atoms with E-state index >= 15 is 0 Å². The minimum atomic E-state index is 0.559. The molecular formula is C14H26N2S. The fourth-order valence-electron chi connectivity index (χ4n) is 1.77.